The second-order valence-electron chi connectivity index (χ2n) is 4.82. The van der Waals surface area contributed by atoms with Gasteiger partial charge in [-0.05, 0) is 36.2 Å². The van der Waals surface area contributed by atoms with Crippen molar-refractivity contribution in [2.24, 2.45) is 7.05 Å². The summed E-state index contributed by atoms with van der Waals surface area (Å²) < 4.78 is 4.29. The number of hydrogen-bond acceptors (Lipinski definition) is 2. The standard InChI is InChI=1S/C15H18N4/c1-16-10-12-3-4-14-13(9-12)5-7-19(14)11-15-17-6-8-18(15)2/h3-9,16H,10-11H2,1-2H3. The van der Waals surface area contributed by atoms with Crippen LogP contribution in [0.1, 0.15) is 11.4 Å². The van der Waals surface area contributed by atoms with Gasteiger partial charge in [-0.1, -0.05) is 6.07 Å². The number of fused-ring (bicyclic) bond motifs is 1. The van der Waals surface area contributed by atoms with E-state index in [9.17, 15) is 0 Å². The van der Waals surface area contributed by atoms with E-state index in [1.54, 1.807) is 0 Å². The van der Waals surface area contributed by atoms with Gasteiger partial charge >= 0.3 is 0 Å². The first-order valence-corrected chi connectivity index (χ1v) is 6.46. The van der Waals surface area contributed by atoms with E-state index >= 15 is 0 Å². The molecule has 2 aromatic heterocycles. The molecule has 19 heavy (non-hydrogen) atoms. The molecule has 0 radical (unpaired) electrons. The summed E-state index contributed by atoms with van der Waals surface area (Å²) in [7, 11) is 4.00. The number of benzene rings is 1. The third-order valence-electron chi connectivity index (χ3n) is 3.45. The van der Waals surface area contributed by atoms with Crippen LogP contribution in [0, 0.1) is 0 Å². The van der Waals surface area contributed by atoms with Gasteiger partial charge in [0.25, 0.3) is 0 Å². The molecule has 0 aliphatic carbocycles. The van der Waals surface area contributed by atoms with E-state index in [4.69, 9.17) is 0 Å². The average Bonchev–Trinajstić information content (AvgIpc) is 2.98. The van der Waals surface area contributed by atoms with Crippen molar-refractivity contribution in [1.82, 2.24) is 19.4 Å². The third kappa shape index (κ3) is 2.27. The van der Waals surface area contributed by atoms with Gasteiger partial charge in [-0.25, -0.2) is 4.98 Å². The SMILES string of the molecule is CNCc1ccc2c(ccn2Cc2nccn2C)c1. The largest absolute Gasteiger partial charge is 0.340 e. The molecule has 2 heterocycles. The van der Waals surface area contributed by atoms with Crippen LogP contribution in [0.25, 0.3) is 10.9 Å². The number of aromatic nitrogens is 3. The fourth-order valence-corrected chi connectivity index (χ4v) is 2.40. The molecule has 0 bridgehead atoms. The molecule has 4 heteroatoms. The third-order valence-corrected chi connectivity index (χ3v) is 3.45. The van der Waals surface area contributed by atoms with Crippen molar-refractivity contribution in [3.63, 3.8) is 0 Å². The summed E-state index contributed by atoms with van der Waals surface area (Å²) in [6, 6.07) is 8.76. The number of nitrogens with one attached hydrogen (secondary N) is 1. The van der Waals surface area contributed by atoms with Crippen molar-refractivity contribution in [2.45, 2.75) is 13.1 Å². The Kier molecular flexibility index (Phi) is 3.09. The summed E-state index contributed by atoms with van der Waals surface area (Å²) in [5, 5.41) is 4.46. The number of rotatable bonds is 4. The average molecular weight is 254 g/mol. The normalized spacial score (nSPS) is 11.3. The Morgan fingerprint density at radius 3 is 2.84 bits per heavy atom. The Balaban J connectivity index is 1.95. The molecule has 4 nitrogen and oxygen atoms in total. The quantitative estimate of drug-likeness (QED) is 0.774. The highest BCUT2D eigenvalue weighted by Gasteiger charge is 2.05. The lowest BCUT2D eigenvalue weighted by atomic mass is 10.1. The van der Waals surface area contributed by atoms with Gasteiger partial charge < -0.3 is 14.5 Å². The van der Waals surface area contributed by atoms with E-state index in [-0.39, 0.29) is 0 Å². The molecule has 0 aliphatic rings. The monoisotopic (exact) mass is 254 g/mol. The zero-order chi connectivity index (χ0) is 13.2. The molecule has 0 saturated heterocycles. The van der Waals surface area contributed by atoms with Crippen LogP contribution in [0.15, 0.2) is 42.9 Å². The number of aryl methyl sites for hydroxylation is 1. The highest BCUT2D eigenvalue weighted by molar-refractivity contribution is 5.80. The minimum Gasteiger partial charge on any atom is -0.340 e. The lowest BCUT2D eigenvalue weighted by Crippen LogP contribution is -2.06. The summed E-state index contributed by atoms with van der Waals surface area (Å²) >= 11 is 0. The predicted molar refractivity (Wildman–Crippen MR) is 77.0 cm³/mol. The van der Waals surface area contributed by atoms with Crippen LogP contribution < -0.4 is 5.32 Å². The maximum absolute atomic E-state index is 4.38. The first-order chi connectivity index (χ1) is 9.28. The molecule has 0 unspecified atom stereocenters. The Labute approximate surface area is 112 Å². The molecule has 0 amide bonds. The Morgan fingerprint density at radius 1 is 1.21 bits per heavy atom. The van der Waals surface area contributed by atoms with E-state index in [1.807, 2.05) is 26.5 Å². The smallest absolute Gasteiger partial charge is 0.128 e. The van der Waals surface area contributed by atoms with Crippen LogP contribution in [-0.2, 0) is 20.1 Å². The Hall–Kier alpha value is -2.07. The van der Waals surface area contributed by atoms with Gasteiger partial charge in [0.15, 0.2) is 0 Å². The molecule has 0 saturated carbocycles. The highest BCUT2D eigenvalue weighted by atomic mass is 15.1. The minimum absolute atomic E-state index is 0.804. The lowest BCUT2D eigenvalue weighted by molar-refractivity contribution is 0.718. The maximum atomic E-state index is 4.38. The van der Waals surface area contributed by atoms with Crippen molar-refractivity contribution < 1.29 is 0 Å². The molecule has 98 valence electrons. The summed E-state index contributed by atoms with van der Waals surface area (Å²) in [4.78, 5) is 4.38. The zero-order valence-electron chi connectivity index (χ0n) is 11.3. The topological polar surface area (TPSA) is 34.8 Å². The molecule has 1 N–H and O–H groups in total. The molecule has 0 aliphatic heterocycles. The number of imidazole rings is 1. The minimum atomic E-state index is 0.804. The molecular weight excluding hydrogens is 236 g/mol. The van der Waals surface area contributed by atoms with Gasteiger partial charge in [0, 0.05) is 37.7 Å². The second-order valence-corrected chi connectivity index (χ2v) is 4.82. The molecule has 3 rings (SSSR count). The molecule has 0 atom stereocenters. The summed E-state index contributed by atoms with van der Waals surface area (Å²) in [6.07, 6.45) is 5.95. The van der Waals surface area contributed by atoms with Gasteiger partial charge in [0.2, 0.25) is 0 Å². The molecular formula is C15H18N4. The molecule has 0 fully saturated rings. The summed E-state index contributed by atoms with van der Waals surface area (Å²) in [5.74, 6) is 1.07. The summed E-state index contributed by atoms with van der Waals surface area (Å²) in [6.45, 7) is 1.71. The first kappa shape index (κ1) is 12.0. The second kappa shape index (κ2) is 4.90. The lowest BCUT2D eigenvalue weighted by Gasteiger charge is -2.06. The number of hydrogen-bond donors (Lipinski definition) is 1. The highest BCUT2D eigenvalue weighted by Crippen LogP contribution is 2.18. The van der Waals surface area contributed by atoms with Crippen LogP contribution in [0.2, 0.25) is 0 Å². The van der Waals surface area contributed by atoms with Crippen LogP contribution >= 0.6 is 0 Å². The molecule has 0 spiro atoms. The van der Waals surface area contributed by atoms with Crippen molar-refractivity contribution in [1.29, 1.82) is 0 Å². The Morgan fingerprint density at radius 2 is 2.11 bits per heavy atom. The van der Waals surface area contributed by atoms with E-state index in [0.717, 1.165) is 18.9 Å². The fourth-order valence-electron chi connectivity index (χ4n) is 2.40. The van der Waals surface area contributed by atoms with Crippen LogP contribution in [0.4, 0.5) is 0 Å². The van der Waals surface area contributed by atoms with Gasteiger partial charge in [-0.2, -0.15) is 0 Å². The summed E-state index contributed by atoms with van der Waals surface area (Å²) in [5.41, 5.74) is 2.56. The van der Waals surface area contributed by atoms with Gasteiger partial charge in [-0.15, -0.1) is 0 Å². The van der Waals surface area contributed by atoms with Gasteiger partial charge in [0.1, 0.15) is 5.82 Å². The van der Waals surface area contributed by atoms with Crippen molar-refractivity contribution in [3.8, 4) is 0 Å². The van der Waals surface area contributed by atoms with Crippen molar-refractivity contribution in [2.75, 3.05) is 7.05 Å². The molecule has 1 aromatic carbocycles. The first-order valence-electron chi connectivity index (χ1n) is 6.46. The predicted octanol–water partition coefficient (Wildman–Crippen LogP) is 2.14. The zero-order valence-corrected chi connectivity index (χ0v) is 11.3. The van der Waals surface area contributed by atoms with E-state index in [1.165, 1.54) is 16.5 Å². The van der Waals surface area contributed by atoms with Gasteiger partial charge in [0.05, 0.1) is 6.54 Å². The van der Waals surface area contributed by atoms with E-state index < -0.39 is 0 Å². The van der Waals surface area contributed by atoms with Crippen LogP contribution in [-0.4, -0.2) is 21.2 Å². The van der Waals surface area contributed by atoms with E-state index in [2.05, 4.69) is 49.9 Å². The Bertz CT molecular complexity index is 693. The van der Waals surface area contributed by atoms with Crippen molar-refractivity contribution in [3.05, 3.63) is 54.2 Å². The van der Waals surface area contributed by atoms with Crippen LogP contribution in [0.3, 0.4) is 0 Å². The van der Waals surface area contributed by atoms with Gasteiger partial charge in [-0.3, -0.25) is 0 Å². The fraction of sp³-hybridized carbons (Fsp3) is 0.267. The van der Waals surface area contributed by atoms with Crippen LogP contribution in [0.5, 0.6) is 0 Å². The van der Waals surface area contributed by atoms with E-state index in [0.29, 0.717) is 0 Å². The molecule has 3 aromatic rings. The number of nitrogens with zero attached hydrogens (tertiary/aromatic N) is 3. The maximum Gasteiger partial charge on any atom is 0.128 e. The van der Waals surface area contributed by atoms with Crippen molar-refractivity contribution >= 4 is 10.9 Å².